The maximum Gasteiger partial charge on any atom is 0.270 e. The van der Waals surface area contributed by atoms with E-state index in [0.29, 0.717) is 9.88 Å². The maximum absolute atomic E-state index is 13.5. The van der Waals surface area contributed by atoms with Crippen LogP contribution in [0.25, 0.3) is 10.6 Å². The van der Waals surface area contributed by atoms with Crippen LogP contribution in [0.1, 0.15) is 23.5 Å². The van der Waals surface area contributed by atoms with Gasteiger partial charge in [-0.05, 0) is 38.1 Å². The number of nitrogens with zero attached hydrogens (tertiary/aromatic N) is 4. The Morgan fingerprint density at radius 2 is 1.90 bits per heavy atom. The molecule has 3 heterocycles. The van der Waals surface area contributed by atoms with Crippen LogP contribution in [0, 0.1) is 0 Å². The molecule has 9 heteroatoms. The number of allylic oxidation sites excluding steroid dienone is 2. The smallest absolute Gasteiger partial charge is 0.270 e. The molecule has 0 N–H and O–H groups in total. The summed E-state index contributed by atoms with van der Waals surface area (Å²) in [6.07, 6.45) is 9.16. The van der Waals surface area contributed by atoms with Gasteiger partial charge in [-0.3, -0.25) is 9.78 Å². The average Bonchev–Trinajstić information content (AvgIpc) is 3.21. The largest absolute Gasteiger partial charge is 0.301 e. The number of anilines is 1. The molecule has 7 nitrogen and oxygen atoms in total. The Morgan fingerprint density at radius 1 is 1.16 bits per heavy atom. The van der Waals surface area contributed by atoms with Crippen molar-refractivity contribution in [1.29, 1.82) is 0 Å². The average molecular weight is 455 g/mol. The Hall–Kier alpha value is -3.17. The molecule has 0 aliphatic rings. The lowest BCUT2D eigenvalue weighted by Gasteiger charge is -2.24. The number of pyridine rings is 2. The van der Waals surface area contributed by atoms with Gasteiger partial charge in [0.2, 0.25) is 0 Å². The van der Waals surface area contributed by atoms with Crippen LogP contribution >= 0.6 is 11.3 Å². The molecule has 0 unspecified atom stereocenters. The topological polar surface area (TPSA) is 93.1 Å². The van der Waals surface area contributed by atoms with E-state index in [2.05, 4.69) is 21.5 Å². The minimum absolute atomic E-state index is 0.150. The quantitative estimate of drug-likeness (QED) is 0.498. The first-order chi connectivity index (χ1) is 14.7. The van der Waals surface area contributed by atoms with E-state index in [1.807, 2.05) is 26.0 Å². The molecule has 160 valence electrons. The number of carbonyl (C=O) groups is 1. The first-order valence-electron chi connectivity index (χ1n) is 9.32. The maximum atomic E-state index is 13.5. The summed E-state index contributed by atoms with van der Waals surface area (Å²) >= 11 is 1.22. The highest BCUT2D eigenvalue weighted by molar-refractivity contribution is 7.90. The lowest BCUT2D eigenvalue weighted by Crippen LogP contribution is -2.33. The van der Waals surface area contributed by atoms with E-state index in [9.17, 15) is 13.2 Å². The van der Waals surface area contributed by atoms with Gasteiger partial charge in [0.1, 0.15) is 9.88 Å². The number of aromatic nitrogens is 3. The summed E-state index contributed by atoms with van der Waals surface area (Å²) in [5.41, 5.74) is 2.70. The van der Waals surface area contributed by atoms with Crippen molar-refractivity contribution in [3.63, 3.8) is 0 Å². The predicted molar refractivity (Wildman–Crippen MR) is 123 cm³/mol. The number of amides is 1. The van der Waals surface area contributed by atoms with Gasteiger partial charge in [-0.15, -0.1) is 11.3 Å². The summed E-state index contributed by atoms with van der Waals surface area (Å²) in [4.78, 5) is 27.8. The van der Waals surface area contributed by atoms with Gasteiger partial charge in [0, 0.05) is 37.0 Å². The van der Waals surface area contributed by atoms with Gasteiger partial charge in [0.15, 0.2) is 14.9 Å². The zero-order valence-corrected chi connectivity index (χ0v) is 19.1. The fourth-order valence-corrected chi connectivity index (χ4v) is 4.65. The normalized spacial score (nSPS) is 11.9. The van der Waals surface area contributed by atoms with Gasteiger partial charge in [0.05, 0.1) is 11.9 Å². The number of carbonyl (C=O) groups excluding carboxylic acids is 1. The zero-order valence-electron chi connectivity index (χ0n) is 17.4. The van der Waals surface area contributed by atoms with E-state index in [1.54, 1.807) is 30.6 Å². The van der Waals surface area contributed by atoms with Gasteiger partial charge in [0.25, 0.3) is 5.91 Å². The van der Waals surface area contributed by atoms with Crippen molar-refractivity contribution in [2.24, 2.45) is 0 Å². The molecule has 0 saturated heterocycles. The second-order valence-corrected chi connectivity index (χ2v) is 10.1. The fraction of sp³-hybridized carbons (Fsp3) is 0.182. The van der Waals surface area contributed by atoms with E-state index in [1.165, 1.54) is 28.6 Å². The molecular formula is C22H22N4O3S2. The van der Waals surface area contributed by atoms with E-state index in [0.717, 1.165) is 23.0 Å². The summed E-state index contributed by atoms with van der Waals surface area (Å²) in [5.74, 6) is -0.361. The SMILES string of the molecule is C=C(C)/C=C(\C)CN(C(=O)c1cnc(-c2cccnc2)s1)c1cccnc1S(C)(=O)=O. The number of hydrogen-bond donors (Lipinski definition) is 0. The molecule has 3 rings (SSSR count). The summed E-state index contributed by atoms with van der Waals surface area (Å²) in [6, 6.07) is 6.85. The summed E-state index contributed by atoms with van der Waals surface area (Å²) in [6.45, 7) is 7.76. The van der Waals surface area contributed by atoms with Crippen molar-refractivity contribution < 1.29 is 13.2 Å². The minimum atomic E-state index is -3.65. The standard InChI is InChI=1S/C22H22N4O3S2/c1-15(2)11-16(3)14-26(18-8-6-10-24-21(18)31(4,28)29)22(27)19-13-25-20(30-19)17-7-5-9-23-12-17/h5-13H,1,14H2,2-4H3/b16-11+. The summed E-state index contributed by atoms with van der Waals surface area (Å²) < 4.78 is 24.6. The van der Waals surface area contributed by atoms with Crippen LogP contribution in [0.3, 0.4) is 0 Å². The molecule has 0 saturated carbocycles. The van der Waals surface area contributed by atoms with Gasteiger partial charge in [-0.1, -0.05) is 23.8 Å². The van der Waals surface area contributed by atoms with Gasteiger partial charge < -0.3 is 4.90 Å². The van der Waals surface area contributed by atoms with E-state index >= 15 is 0 Å². The van der Waals surface area contributed by atoms with Crippen LogP contribution in [-0.4, -0.2) is 42.1 Å². The van der Waals surface area contributed by atoms with E-state index in [4.69, 9.17) is 0 Å². The lowest BCUT2D eigenvalue weighted by atomic mass is 10.2. The molecule has 0 spiro atoms. The van der Waals surface area contributed by atoms with Gasteiger partial charge in [-0.25, -0.2) is 18.4 Å². The highest BCUT2D eigenvalue weighted by Crippen LogP contribution is 2.29. The van der Waals surface area contributed by atoms with Crippen molar-refractivity contribution in [3.05, 3.63) is 77.7 Å². The lowest BCUT2D eigenvalue weighted by molar-refractivity contribution is 0.0992. The Labute approximate surface area is 185 Å². The molecule has 0 fully saturated rings. The fourth-order valence-electron chi connectivity index (χ4n) is 2.98. The van der Waals surface area contributed by atoms with Crippen molar-refractivity contribution in [1.82, 2.24) is 15.0 Å². The van der Waals surface area contributed by atoms with Crippen LogP contribution < -0.4 is 4.90 Å². The molecule has 31 heavy (non-hydrogen) atoms. The molecule has 0 aliphatic heterocycles. The molecule has 0 aliphatic carbocycles. The number of sulfone groups is 1. The van der Waals surface area contributed by atoms with Crippen LogP contribution in [0.15, 0.2) is 77.9 Å². The molecule has 3 aromatic rings. The Morgan fingerprint density at radius 3 is 2.55 bits per heavy atom. The van der Waals surface area contributed by atoms with E-state index < -0.39 is 9.84 Å². The monoisotopic (exact) mass is 454 g/mol. The van der Waals surface area contributed by atoms with Crippen LogP contribution in [-0.2, 0) is 9.84 Å². The second kappa shape index (κ2) is 9.32. The van der Waals surface area contributed by atoms with Crippen LogP contribution in [0.4, 0.5) is 5.69 Å². The molecule has 3 aromatic heterocycles. The Kier molecular flexibility index (Phi) is 6.77. The highest BCUT2D eigenvalue weighted by atomic mass is 32.2. The van der Waals surface area contributed by atoms with Crippen molar-refractivity contribution in [2.75, 3.05) is 17.7 Å². The molecule has 1 amide bonds. The first kappa shape index (κ1) is 22.5. The Bertz CT molecular complexity index is 1250. The van der Waals surface area contributed by atoms with Crippen molar-refractivity contribution in [3.8, 4) is 10.6 Å². The number of thiazole rings is 1. The molecule has 0 aromatic carbocycles. The third kappa shape index (κ3) is 5.50. The first-order valence-corrected chi connectivity index (χ1v) is 12.0. The summed E-state index contributed by atoms with van der Waals surface area (Å²) in [7, 11) is -3.65. The predicted octanol–water partition coefficient (Wildman–Crippen LogP) is 4.17. The molecule has 0 bridgehead atoms. The third-order valence-electron chi connectivity index (χ3n) is 4.16. The van der Waals surface area contributed by atoms with Crippen molar-refractivity contribution >= 4 is 32.8 Å². The number of rotatable bonds is 7. The van der Waals surface area contributed by atoms with Crippen LogP contribution in [0.5, 0.6) is 0 Å². The summed E-state index contributed by atoms with van der Waals surface area (Å²) in [5, 5.41) is 0.503. The zero-order chi connectivity index (χ0) is 22.6. The highest BCUT2D eigenvalue weighted by Gasteiger charge is 2.26. The van der Waals surface area contributed by atoms with Crippen molar-refractivity contribution in [2.45, 2.75) is 18.9 Å². The number of hydrogen-bond acceptors (Lipinski definition) is 7. The minimum Gasteiger partial charge on any atom is -0.301 e. The van der Waals surface area contributed by atoms with Gasteiger partial charge in [-0.2, -0.15) is 0 Å². The molecular weight excluding hydrogens is 432 g/mol. The molecule has 0 atom stereocenters. The Balaban J connectivity index is 2.07. The van der Waals surface area contributed by atoms with Crippen LogP contribution in [0.2, 0.25) is 0 Å². The van der Waals surface area contributed by atoms with E-state index in [-0.39, 0.29) is 23.2 Å². The van der Waals surface area contributed by atoms with Gasteiger partial charge >= 0.3 is 0 Å². The second-order valence-electron chi connectivity index (χ2n) is 7.10. The molecule has 0 radical (unpaired) electrons. The third-order valence-corrected chi connectivity index (χ3v) is 6.21.